The highest BCUT2D eigenvalue weighted by molar-refractivity contribution is 6.39. The fourth-order valence-corrected chi connectivity index (χ4v) is 5.63. The number of nitrogens with two attached hydrogens (primary N) is 1. The maximum Gasteiger partial charge on any atom is 0.341 e. The van der Waals surface area contributed by atoms with Gasteiger partial charge in [0.15, 0.2) is 18.1 Å². The molecule has 2 heterocycles. The van der Waals surface area contributed by atoms with Crippen molar-refractivity contribution in [3.63, 3.8) is 0 Å². The van der Waals surface area contributed by atoms with Crippen LogP contribution in [0.25, 0.3) is 0 Å². The molecule has 0 saturated carbocycles. The number of nitrogen functional groups attached to an aromatic ring is 1. The van der Waals surface area contributed by atoms with Crippen molar-refractivity contribution in [2.75, 3.05) is 18.9 Å². The Morgan fingerprint density at radius 1 is 1.09 bits per heavy atom. The van der Waals surface area contributed by atoms with Crippen LogP contribution in [0.5, 0.6) is 0 Å². The third-order valence-corrected chi connectivity index (χ3v) is 8.10. The number of carbonyl (C=O) groups excluding carboxylic acids is 6. The number of halogens is 2. The van der Waals surface area contributed by atoms with Crippen LogP contribution in [-0.4, -0.2) is 87.8 Å². The van der Waals surface area contributed by atoms with E-state index in [0.717, 1.165) is 10.0 Å². The van der Waals surface area contributed by atoms with Gasteiger partial charge in [0.05, 0.1) is 27.7 Å². The normalized spacial score (nSPS) is 18.6. The molecule has 2 fully saturated rings. The number of hydrogen-bond acceptors (Lipinski definition) is 9. The van der Waals surface area contributed by atoms with Crippen LogP contribution >= 0.6 is 23.2 Å². The zero-order valence-electron chi connectivity index (χ0n) is 24.3. The second kappa shape index (κ2) is 14.6. The molecular weight excluding hydrogens is 647 g/mol. The van der Waals surface area contributed by atoms with Gasteiger partial charge in [-0.1, -0.05) is 29.3 Å². The Morgan fingerprint density at radius 3 is 2.43 bits per heavy atom. The van der Waals surface area contributed by atoms with E-state index in [4.69, 9.17) is 33.7 Å². The smallest absolute Gasteiger partial charge is 0.341 e. The maximum absolute atomic E-state index is 13.8. The van der Waals surface area contributed by atoms with Crippen molar-refractivity contribution in [1.29, 1.82) is 0 Å². The number of ketones is 1. The number of carbonyl (C=O) groups is 7. The predicted octanol–water partition coefficient (Wildman–Crippen LogP) is 0.461. The van der Waals surface area contributed by atoms with E-state index in [9.17, 15) is 38.7 Å². The number of quaternary nitrogens is 1. The van der Waals surface area contributed by atoms with Crippen LogP contribution in [0, 0.1) is 0 Å². The molecule has 17 heteroatoms. The molecule has 4 amide bonds. The SMILES string of the molecule is Nc1cc(C(=O)NC2CCC(=O)N3CCCC(C(=O)NC(CC(=O)O)C(=O)COC(=O)c4c(Cl)cccc4Cl)N3C2=O)ccc1[NH3+]. The van der Waals surface area contributed by atoms with Gasteiger partial charge < -0.3 is 31.9 Å². The number of carboxylic acid groups (broad SMARTS) is 1. The Bertz CT molecular complexity index is 1580. The van der Waals surface area contributed by atoms with E-state index in [1.165, 1.54) is 36.4 Å². The highest BCUT2D eigenvalue weighted by Crippen LogP contribution is 2.27. The summed E-state index contributed by atoms with van der Waals surface area (Å²) in [7, 11) is 0. The number of Topliss-reactive ketones (excluding diaryl/α,β-unsaturated/α-hetero) is 1. The number of carboxylic acids is 1. The molecule has 3 unspecified atom stereocenters. The molecule has 0 aliphatic carbocycles. The van der Waals surface area contributed by atoms with Gasteiger partial charge in [-0.3, -0.25) is 33.8 Å². The largest absolute Gasteiger partial charge is 0.481 e. The Balaban J connectivity index is 1.50. The molecule has 0 aromatic heterocycles. The topological polar surface area (TPSA) is 233 Å². The first-order valence-electron chi connectivity index (χ1n) is 14.1. The maximum atomic E-state index is 13.8. The van der Waals surface area contributed by atoms with Gasteiger partial charge in [-0.15, -0.1) is 0 Å². The lowest BCUT2D eigenvalue weighted by Gasteiger charge is -2.43. The minimum absolute atomic E-state index is 0.0337. The van der Waals surface area contributed by atoms with Crippen LogP contribution in [0.2, 0.25) is 10.0 Å². The average molecular weight is 679 g/mol. The molecule has 15 nitrogen and oxygen atoms in total. The highest BCUT2D eigenvalue weighted by Gasteiger charge is 2.45. The first kappa shape index (κ1) is 34.1. The summed E-state index contributed by atoms with van der Waals surface area (Å²) < 4.78 is 5.01. The van der Waals surface area contributed by atoms with Crippen molar-refractivity contribution < 1.29 is 49.1 Å². The number of anilines is 1. The average Bonchev–Trinajstić information content (AvgIpc) is 3.12. The monoisotopic (exact) mass is 677 g/mol. The van der Waals surface area contributed by atoms with E-state index in [1.807, 2.05) is 0 Å². The number of aliphatic carboxylic acids is 1. The molecule has 46 heavy (non-hydrogen) atoms. The molecule has 8 N–H and O–H groups in total. The summed E-state index contributed by atoms with van der Waals surface area (Å²) in [5, 5.41) is 16.4. The van der Waals surface area contributed by atoms with Gasteiger partial charge in [-0.05, 0) is 43.5 Å². The third-order valence-electron chi connectivity index (χ3n) is 7.47. The van der Waals surface area contributed by atoms with Gasteiger partial charge in [0.2, 0.25) is 11.8 Å². The van der Waals surface area contributed by atoms with E-state index >= 15 is 0 Å². The first-order valence-corrected chi connectivity index (χ1v) is 14.9. The van der Waals surface area contributed by atoms with Gasteiger partial charge in [-0.2, -0.15) is 0 Å². The minimum Gasteiger partial charge on any atom is -0.481 e. The predicted molar refractivity (Wildman–Crippen MR) is 161 cm³/mol. The molecule has 0 radical (unpaired) electrons. The number of nitrogens with zero attached hydrogens (tertiary/aromatic N) is 2. The van der Waals surface area contributed by atoms with E-state index < -0.39 is 72.5 Å². The Morgan fingerprint density at radius 2 is 1.78 bits per heavy atom. The van der Waals surface area contributed by atoms with Gasteiger partial charge in [0.25, 0.3) is 11.8 Å². The van der Waals surface area contributed by atoms with Gasteiger partial charge >= 0.3 is 11.9 Å². The highest BCUT2D eigenvalue weighted by atomic mass is 35.5. The molecule has 244 valence electrons. The Labute approximate surface area is 272 Å². The molecule has 3 atom stereocenters. The lowest BCUT2D eigenvalue weighted by atomic mass is 10.0. The van der Waals surface area contributed by atoms with Crippen LogP contribution in [0.4, 0.5) is 11.4 Å². The summed E-state index contributed by atoms with van der Waals surface area (Å²) in [6.07, 6.45) is -0.643. The quantitative estimate of drug-likeness (QED) is 0.172. The van der Waals surface area contributed by atoms with Crippen molar-refractivity contribution in [1.82, 2.24) is 20.7 Å². The minimum atomic E-state index is -1.66. The van der Waals surface area contributed by atoms with E-state index in [0.29, 0.717) is 12.1 Å². The standard InChI is InChI=1S/C29H30Cl2N6O9/c30-15-3-1-4-16(31)25(15)29(45)46-13-22(38)20(12-24(40)41)35-27(43)21-5-2-10-36-23(39)9-8-19(28(44)37(21)36)34-26(42)14-6-7-17(32)18(33)11-14/h1,3-4,6-7,11,19-21H,2,5,8-10,12-13,32-33H2,(H,34,42)(H,35,43)(H,40,41)/p+1. The van der Waals surface area contributed by atoms with Crippen LogP contribution < -0.4 is 22.1 Å². The molecule has 2 aromatic carbocycles. The first-order chi connectivity index (χ1) is 21.8. The van der Waals surface area contributed by atoms with Crippen molar-refractivity contribution >= 4 is 75.9 Å². The van der Waals surface area contributed by atoms with Crippen LogP contribution in [0.15, 0.2) is 36.4 Å². The van der Waals surface area contributed by atoms with Crippen molar-refractivity contribution in [3.8, 4) is 0 Å². The summed E-state index contributed by atoms with van der Waals surface area (Å²) in [6.45, 7) is -0.807. The fourth-order valence-electron chi connectivity index (χ4n) is 5.07. The summed E-state index contributed by atoms with van der Waals surface area (Å²) in [4.78, 5) is 90.4. The van der Waals surface area contributed by atoms with Crippen molar-refractivity contribution in [3.05, 3.63) is 57.6 Å². The number of amides is 4. The molecule has 4 rings (SSSR count). The molecule has 0 spiro atoms. The van der Waals surface area contributed by atoms with Crippen LogP contribution in [0.1, 0.15) is 52.8 Å². The van der Waals surface area contributed by atoms with Gasteiger partial charge in [0, 0.05) is 24.6 Å². The Hall–Kier alpha value is -4.73. The lowest BCUT2D eigenvalue weighted by molar-refractivity contribution is -0.253. The number of nitrogens with one attached hydrogen (secondary N) is 2. The number of hydrogen-bond donors (Lipinski definition) is 5. The van der Waals surface area contributed by atoms with E-state index in [2.05, 4.69) is 16.4 Å². The number of fused-ring (bicyclic) bond motifs is 1. The van der Waals surface area contributed by atoms with Gasteiger partial charge in [-0.25, -0.2) is 9.80 Å². The molecule has 2 aliphatic rings. The zero-order valence-corrected chi connectivity index (χ0v) is 25.8. The lowest BCUT2D eigenvalue weighted by Crippen LogP contribution is -2.64. The number of esters is 1. The molecule has 2 saturated heterocycles. The summed E-state index contributed by atoms with van der Waals surface area (Å²) >= 11 is 12.0. The second-order valence-corrected chi connectivity index (χ2v) is 11.4. The molecular formula is C29H31Cl2N6O9+. The van der Waals surface area contributed by atoms with E-state index in [1.54, 1.807) is 0 Å². The van der Waals surface area contributed by atoms with Crippen LogP contribution in [0.3, 0.4) is 0 Å². The van der Waals surface area contributed by atoms with Crippen molar-refractivity contribution in [2.24, 2.45) is 0 Å². The fraction of sp³-hybridized carbons (Fsp3) is 0.345. The Kier molecular flexibility index (Phi) is 10.8. The van der Waals surface area contributed by atoms with E-state index in [-0.39, 0.29) is 52.7 Å². The molecule has 2 aliphatic heterocycles. The summed E-state index contributed by atoms with van der Waals surface area (Å²) in [6, 6.07) is 4.49. The third kappa shape index (κ3) is 7.73. The number of benzene rings is 2. The number of hydrazine groups is 1. The summed E-state index contributed by atoms with van der Waals surface area (Å²) in [5.41, 5.74) is 10.3. The zero-order chi connectivity index (χ0) is 33.7. The molecule has 2 aromatic rings. The van der Waals surface area contributed by atoms with Gasteiger partial charge in [0.1, 0.15) is 18.1 Å². The molecule has 0 bridgehead atoms. The van der Waals surface area contributed by atoms with Crippen LogP contribution in [-0.2, 0) is 28.7 Å². The number of rotatable bonds is 10. The second-order valence-electron chi connectivity index (χ2n) is 10.6. The number of ether oxygens (including phenoxy) is 1. The van der Waals surface area contributed by atoms with Crippen molar-refractivity contribution in [2.45, 2.75) is 50.2 Å². The summed E-state index contributed by atoms with van der Waals surface area (Å²) in [5.74, 6) is -6.21.